The summed E-state index contributed by atoms with van der Waals surface area (Å²) < 4.78 is 2.00. The van der Waals surface area contributed by atoms with Crippen molar-refractivity contribution in [2.45, 2.75) is 70.8 Å². The molecule has 0 bridgehead atoms. The van der Waals surface area contributed by atoms with Gasteiger partial charge in [0.15, 0.2) is 5.82 Å². The molecule has 3 heterocycles. The molecule has 0 atom stereocenters. The van der Waals surface area contributed by atoms with E-state index in [1.54, 1.807) is 0 Å². The first kappa shape index (κ1) is 18.3. The highest BCUT2D eigenvalue weighted by molar-refractivity contribution is 5.97. The van der Waals surface area contributed by atoms with Gasteiger partial charge in [-0.05, 0) is 64.2 Å². The van der Waals surface area contributed by atoms with Crippen LogP contribution in [0.3, 0.4) is 0 Å². The van der Waals surface area contributed by atoms with E-state index in [0.717, 1.165) is 70.3 Å². The van der Waals surface area contributed by atoms with Crippen LogP contribution in [0.4, 0.5) is 0 Å². The highest BCUT2D eigenvalue weighted by Crippen LogP contribution is 2.23. The van der Waals surface area contributed by atoms with E-state index in [0.29, 0.717) is 18.1 Å². The number of amides is 2. The average molecular weight is 370 g/mol. The summed E-state index contributed by atoms with van der Waals surface area (Å²) in [5.41, 5.74) is 2.87. The molecule has 1 N–H and O–H groups in total. The standard InChI is InChI=1S/C21H30N4O2/c26-20(22-12-11-16-8-2-1-3-9-16)18-17-10-4-5-15-25(17)19(23-18)21(27)24-13-6-7-14-24/h8H,1-7,9-15H2,(H,22,26). The third kappa shape index (κ3) is 3.94. The molecule has 3 aliphatic rings. The molecular formula is C21H30N4O2. The van der Waals surface area contributed by atoms with Crippen molar-refractivity contribution in [2.75, 3.05) is 19.6 Å². The normalized spacial score (nSPS) is 19.6. The lowest BCUT2D eigenvalue weighted by Crippen LogP contribution is -2.31. The molecule has 4 rings (SSSR count). The Morgan fingerprint density at radius 3 is 2.56 bits per heavy atom. The summed E-state index contributed by atoms with van der Waals surface area (Å²) in [5.74, 6) is 0.325. The van der Waals surface area contributed by atoms with Crippen molar-refractivity contribution in [3.05, 3.63) is 28.9 Å². The van der Waals surface area contributed by atoms with Gasteiger partial charge in [-0.3, -0.25) is 9.59 Å². The minimum absolute atomic E-state index is 0.0120. The summed E-state index contributed by atoms with van der Waals surface area (Å²) in [5, 5.41) is 3.04. The molecule has 0 unspecified atom stereocenters. The Morgan fingerprint density at radius 1 is 1.00 bits per heavy atom. The van der Waals surface area contributed by atoms with Crippen LogP contribution in [0, 0.1) is 0 Å². The van der Waals surface area contributed by atoms with Crippen LogP contribution in [0.5, 0.6) is 0 Å². The Labute approximate surface area is 161 Å². The lowest BCUT2D eigenvalue weighted by molar-refractivity contribution is 0.0774. The number of fused-ring (bicyclic) bond motifs is 1. The maximum absolute atomic E-state index is 12.9. The van der Waals surface area contributed by atoms with Gasteiger partial charge in [-0.15, -0.1) is 0 Å². The number of nitrogens with one attached hydrogen (secondary N) is 1. The molecule has 0 spiro atoms. The Kier molecular flexibility index (Phi) is 5.60. The number of rotatable bonds is 5. The number of imidazole rings is 1. The Morgan fingerprint density at radius 2 is 1.78 bits per heavy atom. The lowest BCUT2D eigenvalue weighted by atomic mass is 9.97. The van der Waals surface area contributed by atoms with E-state index in [-0.39, 0.29) is 11.8 Å². The van der Waals surface area contributed by atoms with Gasteiger partial charge in [-0.2, -0.15) is 0 Å². The second kappa shape index (κ2) is 8.28. The number of likely N-dealkylation sites (tertiary alicyclic amines) is 1. The zero-order valence-corrected chi connectivity index (χ0v) is 16.1. The molecule has 27 heavy (non-hydrogen) atoms. The molecule has 146 valence electrons. The highest BCUT2D eigenvalue weighted by Gasteiger charge is 2.30. The van der Waals surface area contributed by atoms with Gasteiger partial charge in [-0.25, -0.2) is 4.98 Å². The van der Waals surface area contributed by atoms with Crippen molar-refractivity contribution in [2.24, 2.45) is 0 Å². The molecular weight excluding hydrogens is 340 g/mol. The molecule has 6 heteroatoms. The van der Waals surface area contributed by atoms with Gasteiger partial charge in [-0.1, -0.05) is 11.6 Å². The van der Waals surface area contributed by atoms with E-state index in [2.05, 4.69) is 16.4 Å². The van der Waals surface area contributed by atoms with E-state index >= 15 is 0 Å². The van der Waals surface area contributed by atoms with E-state index in [1.165, 1.54) is 24.8 Å². The van der Waals surface area contributed by atoms with Gasteiger partial charge in [0, 0.05) is 26.2 Å². The van der Waals surface area contributed by atoms with Crippen LogP contribution in [0.1, 0.15) is 84.6 Å². The summed E-state index contributed by atoms with van der Waals surface area (Å²) >= 11 is 0. The van der Waals surface area contributed by atoms with Crippen LogP contribution in [0.25, 0.3) is 0 Å². The van der Waals surface area contributed by atoms with Crippen LogP contribution in [-0.4, -0.2) is 45.9 Å². The van der Waals surface area contributed by atoms with Crippen LogP contribution in [0.15, 0.2) is 11.6 Å². The molecule has 0 aromatic carbocycles. The number of hydrogen-bond donors (Lipinski definition) is 1. The van der Waals surface area contributed by atoms with E-state index in [4.69, 9.17) is 0 Å². The zero-order chi connectivity index (χ0) is 18.6. The monoisotopic (exact) mass is 370 g/mol. The van der Waals surface area contributed by atoms with Gasteiger partial charge >= 0.3 is 0 Å². The van der Waals surface area contributed by atoms with Crippen molar-refractivity contribution in [3.63, 3.8) is 0 Å². The molecule has 1 saturated heterocycles. The van der Waals surface area contributed by atoms with Crippen LogP contribution in [0.2, 0.25) is 0 Å². The fourth-order valence-corrected chi connectivity index (χ4v) is 4.50. The van der Waals surface area contributed by atoms with Crippen LogP contribution >= 0.6 is 0 Å². The van der Waals surface area contributed by atoms with E-state index in [1.807, 2.05) is 9.47 Å². The number of allylic oxidation sites excluding steroid dienone is 1. The van der Waals surface area contributed by atoms with E-state index < -0.39 is 0 Å². The first-order valence-electron chi connectivity index (χ1n) is 10.6. The molecule has 1 aromatic rings. The summed E-state index contributed by atoms with van der Waals surface area (Å²) in [6, 6.07) is 0. The summed E-state index contributed by atoms with van der Waals surface area (Å²) in [7, 11) is 0. The molecule has 2 aliphatic heterocycles. The van der Waals surface area contributed by atoms with Crippen molar-refractivity contribution in [3.8, 4) is 0 Å². The number of hydrogen-bond acceptors (Lipinski definition) is 3. The van der Waals surface area contributed by atoms with Gasteiger partial charge in [0.25, 0.3) is 11.8 Å². The minimum atomic E-state index is -0.127. The molecule has 6 nitrogen and oxygen atoms in total. The van der Waals surface area contributed by atoms with Crippen molar-refractivity contribution >= 4 is 11.8 Å². The van der Waals surface area contributed by atoms with Gasteiger partial charge in [0.05, 0.1) is 5.69 Å². The molecule has 0 radical (unpaired) electrons. The van der Waals surface area contributed by atoms with Crippen molar-refractivity contribution in [1.82, 2.24) is 19.8 Å². The Bertz CT molecular complexity index is 744. The summed E-state index contributed by atoms with van der Waals surface area (Å²) in [6.45, 7) is 3.04. The van der Waals surface area contributed by atoms with Gasteiger partial charge < -0.3 is 14.8 Å². The second-order valence-electron chi connectivity index (χ2n) is 7.95. The predicted octanol–water partition coefficient (Wildman–Crippen LogP) is 3.08. The first-order valence-corrected chi connectivity index (χ1v) is 10.6. The number of carbonyl (C=O) groups is 2. The fourth-order valence-electron chi connectivity index (χ4n) is 4.50. The zero-order valence-electron chi connectivity index (χ0n) is 16.1. The quantitative estimate of drug-likeness (QED) is 0.810. The third-order valence-electron chi connectivity index (χ3n) is 6.03. The number of aromatic nitrogens is 2. The van der Waals surface area contributed by atoms with Crippen molar-refractivity contribution < 1.29 is 9.59 Å². The van der Waals surface area contributed by atoms with Crippen LogP contribution < -0.4 is 5.32 Å². The highest BCUT2D eigenvalue weighted by atomic mass is 16.2. The molecule has 1 aromatic heterocycles. The second-order valence-corrected chi connectivity index (χ2v) is 7.95. The predicted molar refractivity (Wildman–Crippen MR) is 104 cm³/mol. The number of nitrogens with zero attached hydrogens (tertiary/aromatic N) is 3. The van der Waals surface area contributed by atoms with Crippen LogP contribution in [-0.2, 0) is 13.0 Å². The van der Waals surface area contributed by atoms with Gasteiger partial charge in [0.2, 0.25) is 0 Å². The average Bonchev–Trinajstić information content (AvgIpc) is 3.37. The minimum Gasteiger partial charge on any atom is -0.350 e. The maximum atomic E-state index is 12.9. The Balaban J connectivity index is 1.47. The summed E-state index contributed by atoms with van der Waals surface area (Å²) in [6.07, 6.45) is 13.1. The summed E-state index contributed by atoms with van der Waals surface area (Å²) in [4.78, 5) is 32.1. The number of carbonyl (C=O) groups excluding carboxylic acids is 2. The first-order chi connectivity index (χ1) is 13.2. The molecule has 2 amide bonds. The third-order valence-corrected chi connectivity index (χ3v) is 6.03. The molecule has 1 fully saturated rings. The SMILES string of the molecule is O=C(NCCC1=CCCCC1)c1nc(C(=O)N2CCCC2)n2c1CCCC2. The fraction of sp³-hybridized carbons (Fsp3) is 0.667. The molecule has 1 aliphatic carbocycles. The van der Waals surface area contributed by atoms with Crippen molar-refractivity contribution in [1.29, 1.82) is 0 Å². The lowest BCUT2D eigenvalue weighted by Gasteiger charge is -2.19. The van der Waals surface area contributed by atoms with E-state index in [9.17, 15) is 9.59 Å². The topological polar surface area (TPSA) is 67.2 Å². The maximum Gasteiger partial charge on any atom is 0.289 e. The smallest absolute Gasteiger partial charge is 0.289 e. The molecule has 0 saturated carbocycles. The Hall–Kier alpha value is -2.11. The largest absolute Gasteiger partial charge is 0.350 e. The van der Waals surface area contributed by atoms with Gasteiger partial charge in [0.1, 0.15) is 5.69 Å².